The number of hydrogen-bond acceptors (Lipinski definition) is 10. The lowest BCUT2D eigenvalue weighted by Gasteiger charge is -2.56. The quantitative estimate of drug-likeness (QED) is 0.142. The Kier molecular flexibility index (Phi) is 8.46. The first-order valence-electron chi connectivity index (χ1n) is 18.8. The fraction of sp³-hybridized carbons (Fsp3) is 0.395. The molecule has 3 atom stereocenters. The van der Waals surface area contributed by atoms with Gasteiger partial charge in [-0.05, 0) is 61.6 Å². The number of rotatable bonds is 10. The monoisotopic (exact) mass is 874 g/mol. The number of nitrogens with zero attached hydrogens (tertiary/aromatic N) is 7. The topological polar surface area (TPSA) is 152 Å². The Morgan fingerprint density at radius 1 is 1.07 bits per heavy atom. The molecule has 1 amide bonds. The number of aryl methyl sites for hydroxylation is 1. The van der Waals surface area contributed by atoms with E-state index in [1.54, 1.807) is 31.3 Å². The van der Waals surface area contributed by atoms with Crippen LogP contribution in [-0.4, -0.2) is 75.3 Å². The lowest BCUT2D eigenvalue weighted by atomic mass is 9.81. The van der Waals surface area contributed by atoms with Gasteiger partial charge in [-0.2, -0.15) is 37.1 Å². The molecule has 10 rings (SSSR count). The van der Waals surface area contributed by atoms with Crippen molar-refractivity contribution in [2.45, 2.75) is 55.4 Å². The minimum Gasteiger partial charge on any atom is -0.346 e. The summed E-state index contributed by atoms with van der Waals surface area (Å²) < 4.78 is 132. The zero-order valence-electron chi connectivity index (χ0n) is 31.5. The molecular weight excluding hydrogens is 842 g/mol. The third-order valence-corrected chi connectivity index (χ3v) is 13.3. The van der Waals surface area contributed by atoms with Crippen molar-refractivity contribution in [3.63, 3.8) is 0 Å². The van der Waals surface area contributed by atoms with E-state index in [0.717, 1.165) is 31.4 Å². The van der Waals surface area contributed by atoms with Gasteiger partial charge in [0.2, 0.25) is 15.9 Å². The number of halogens is 7. The molecule has 3 fully saturated rings. The summed E-state index contributed by atoms with van der Waals surface area (Å²) in [7, 11) is -2.18. The average Bonchev–Trinajstić information content (AvgIpc) is 3.38. The number of carbonyl (C=O) groups is 1. The molecule has 6 aromatic rings. The van der Waals surface area contributed by atoms with Gasteiger partial charge in [-0.25, -0.2) is 22.2 Å². The third-order valence-electron chi connectivity index (χ3n) is 11.7. The molecule has 1 saturated carbocycles. The minimum absolute atomic E-state index is 0.0179. The maximum absolute atomic E-state index is 15.5. The van der Waals surface area contributed by atoms with Gasteiger partial charge >= 0.3 is 6.18 Å². The minimum atomic E-state index is -5.06. The van der Waals surface area contributed by atoms with Crippen LogP contribution in [0.5, 0.6) is 0 Å². The number of para-hydroxylation sites is 1. The molecule has 13 nitrogen and oxygen atoms in total. The van der Waals surface area contributed by atoms with Crippen molar-refractivity contribution in [2.24, 2.45) is 13.0 Å². The molecule has 1 unspecified atom stereocenters. The average molecular weight is 875 g/mol. The van der Waals surface area contributed by atoms with Crippen LogP contribution in [-0.2, 0) is 46.9 Å². The van der Waals surface area contributed by atoms with Gasteiger partial charge < -0.3 is 15.5 Å². The highest BCUT2D eigenvalue weighted by Crippen LogP contribution is 2.68. The molecule has 4 aromatic heterocycles. The number of carbonyl (C=O) groups excluding carboxylic acids is 1. The van der Waals surface area contributed by atoms with E-state index in [1.807, 2.05) is 0 Å². The summed E-state index contributed by atoms with van der Waals surface area (Å²) in [5.74, 6) is -8.86. The number of aromatic nitrogens is 6. The third kappa shape index (κ3) is 6.44. The first-order chi connectivity index (χ1) is 28.3. The van der Waals surface area contributed by atoms with Crippen molar-refractivity contribution < 1.29 is 43.9 Å². The van der Waals surface area contributed by atoms with Gasteiger partial charge in [0.25, 0.3) is 5.92 Å². The Morgan fingerprint density at radius 2 is 1.80 bits per heavy atom. The number of thiazole rings is 1. The van der Waals surface area contributed by atoms with Crippen molar-refractivity contribution in [1.82, 2.24) is 40.2 Å². The molecule has 3 N–H and O–H groups in total. The normalized spacial score (nSPS) is 20.5. The van der Waals surface area contributed by atoms with Gasteiger partial charge in [0.05, 0.1) is 33.7 Å². The van der Waals surface area contributed by atoms with E-state index in [-0.39, 0.29) is 41.1 Å². The maximum Gasteiger partial charge on any atom is 0.435 e. The smallest absolute Gasteiger partial charge is 0.346 e. The van der Waals surface area contributed by atoms with Crippen molar-refractivity contribution in [1.29, 1.82) is 0 Å². The second-order valence-electron chi connectivity index (χ2n) is 16.0. The SMILES string of the molecule is Cn1nc(NS(C)(=O)=O)c2cccc(-c3cc4sc(N5CC6(CCN6)C5)nc4nc3[C@H](Cc3cc(F)cc(F)c3)NC(=O)Cn3nc(C(F)(F)F)c4c3C(F)(F)C3C[C@H]43)c21. The molecule has 6 heterocycles. The molecular formula is C38H33F7N10O3S2. The summed E-state index contributed by atoms with van der Waals surface area (Å²) >= 11 is 1.36. The fourth-order valence-corrected chi connectivity index (χ4v) is 10.5. The van der Waals surface area contributed by atoms with Gasteiger partial charge in [-0.1, -0.05) is 23.5 Å². The zero-order chi connectivity index (χ0) is 42.3. The summed E-state index contributed by atoms with van der Waals surface area (Å²) in [6.45, 7) is 1.31. The standard InChI is InChI=1S/C38H33F7N10O3S2/c1-53-30-20(4-3-5-21(30)33(51-53)52-60(2,57)58)22-13-26-34(49-35(59-26)54-15-36(16-54)6-7-46-36)48-29(22)25(10-17-8-18(39)11-19(40)9-17)47-27(56)14-55-32-28(31(50-55)38(43,44)45)23-12-24(23)37(32,41)42/h3-5,8-9,11,13,23-25,46H,6-7,10,12,14-16H2,1-2H3,(H,47,56)(H,51,52)/t23-,24?,25-/m0/s1. The van der Waals surface area contributed by atoms with E-state index in [1.165, 1.54) is 16.0 Å². The van der Waals surface area contributed by atoms with Crippen LogP contribution in [0.25, 0.3) is 32.4 Å². The largest absolute Gasteiger partial charge is 0.435 e. The highest BCUT2D eigenvalue weighted by atomic mass is 32.2. The van der Waals surface area contributed by atoms with Crippen LogP contribution in [0.15, 0.2) is 42.5 Å². The summed E-state index contributed by atoms with van der Waals surface area (Å²) in [5, 5.41) is 15.1. The van der Waals surface area contributed by atoms with E-state index in [4.69, 9.17) is 9.97 Å². The summed E-state index contributed by atoms with van der Waals surface area (Å²) in [4.78, 5) is 25.9. The molecule has 2 saturated heterocycles. The lowest BCUT2D eigenvalue weighted by molar-refractivity contribution is -0.142. The molecule has 2 aromatic carbocycles. The van der Waals surface area contributed by atoms with Crippen LogP contribution in [0.4, 0.5) is 41.7 Å². The Labute approximate surface area is 340 Å². The van der Waals surface area contributed by atoms with Crippen LogP contribution in [0.2, 0.25) is 0 Å². The van der Waals surface area contributed by atoms with Crippen molar-refractivity contribution in [2.75, 3.05) is 35.5 Å². The lowest BCUT2D eigenvalue weighted by Crippen LogP contribution is -2.75. The first-order valence-corrected chi connectivity index (χ1v) is 21.5. The van der Waals surface area contributed by atoms with E-state index in [0.29, 0.717) is 55.7 Å². The van der Waals surface area contributed by atoms with E-state index in [9.17, 15) is 35.2 Å². The summed E-state index contributed by atoms with van der Waals surface area (Å²) in [6.07, 6.45) is -3.52. The van der Waals surface area contributed by atoms with Crippen molar-refractivity contribution in [3.8, 4) is 11.1 Å². The Balaban J connectivity index is 1.11. The molecule has 0 radical (unpaired) electrons. The number of benzene rings is 2. The highest BCUT2D eigenvalue weighted by molar-refractivity contribution is 7.92. The van der Waals surface area contributed by atoms with E-state index < -0.39 is 81.0 Å². The molecule has 22 heteroatoms. The van der Waals surface area contributed by atoms with Crippen molar-refractivity contribution >= 4 is 59.5 Å². The summed E-state index contributed by atoms with van der Waals surface area (Å²) in [5.41, 5.74) is -1.33. The number of pyridine rings is 1. The Morgan fingerprint density at radius 3 is 2.47 bits per heavy atom. The molecule has 4 aliphatic rings. The van der Waals surface area contributed by atoms with Gasteiger partial charge in [0, 0.05) is 54.2 Å². The van der Waals surface area contributed by atoms with Gasteiger partial charge in [-0.15, -0.1) is 0 Å². The second kappa shape index (κ2) is 13.1. The molecule has 2 aliphatic carbocycles. The Hall–Kier alpha value is -5.35. The number of sulfonamides is 1. The van der Waals surface area contributed by atoms with E-state index >= 15 is 8.78 Å². The fourth-order valence-electron chi connectivity index (χ4n) is 9.01. The van der Waals surface area contributed by atoms with Crippen LogP contribution in [0.3, 0.4) is 0 Å². The number of alkyl halides is 5. The number of hydrogen-bond donors (Lipinski definition) is 3. The van der Waals surface area contributed by atoms with Gasteiger partial charge in [-0.3, -0.25) is 18.9 Å². The van der Waals surface area contributed by atoms with E-state index in [2.05, 4.69) is 30.5 Å². The predicted octanol–water partition coefficient (Wildman–Crippen LogP) is 5.97. The molecule has 0 bridgehead atoms. The van der Waals surface area contributed by atoms with Gasteiger partial charge in [0.1, 0.15) is 23.9 Å². The maximum atomic E-state index is 15.5. The molecule has 60 heavy (non-hydrogen) atoms. The summed E-state index contributed by atoms with van der Waals surface area (Å²) in [6, 6.07) is 8.24. The highest BCUT2D eigenvalue weighted by Gasteiger charge is 2.68. The predicted molar refractivity (Wildman–Crippen MR) is 206 cm³/mol. The molecule has 2 aliphatic heterocycles. The van der Waals surface area contributed by atoms with Crippen LogP contribution < -0.4 is 20.3 Å². The van der Waals surface area contributed by atoms with Crippen LogP contribution >= 0.6 is 11.3 Å². The zero-order valence-corrected chi connectivity index (χ0v) is 33.2. The number of amides is 1. The number of anilines is 2. The van der Waals surface area contributed by atoms with Crippen molar-refractivity contribution in [3.05, 3.63) is 82.3 Å². The van der Waals surface area contributed by atoms with Crippen LogP contribution in [0, 0.1) is 17.6 Å². The number of fused-ring (bicyclic) bond motifs is 5. The first kappa shape index (κ1) is 38.8. The number of nitrogens with one attached hydrogen (secondary N) is 3. The Bertz CT molecular complexity index is 2880. The molecule has 314 valence electrons. The molecule has 1 spiro atoms. The van der Waals surface area contributed by atoms with Crippen LogP contribution in [0.1, 0.15) is 53.0 Å². The second-order valence-corrected chi connectivity index (χ2v) is 18.8. The van der Waals surface area contributed by atoms with Gasteiger partial charge in [0.15, 0.2) is 22.3 Å².